The Morgan fingerprint density at radius 1 is 1.18 bits per heavy atom. The minimum atomic E-state index is -0.743. The minimum Gasteiger partial charge on any atom is -0.495 e. The Hall–Kier alpha value is -1.33. The van der Waals surface area contributed by atoms with E-state index in [-0.39, 0.29) is 5.92 Å². The molecule has 4 nitrogen and oxygen atoms in total. The largest absolute Gasteiger partial charge is 0.495 e. The van der Waals surface area contributed by atoms with Gasteiger partial charge in [-0.1, -0.05) is 29.3 Å². The first-order valence-corrected chi connectivity index (χ1v) is 7.59. The van der Waals surface area contributed by atoms with Crippen LogP contribution in [0, 0.1) is 0 Å². The molecule has 0 aliphatic rings. The monoisotopic (exact) mass is 340 g/mol. The fourth-order valence-corrected chi connectivity index (χ4v) is 2.62. The first-order chi connectivity index (χ1) is 10.6. The molecule has 0 fully saturated rings. The number of rotatable bonds is 6. The van der Waals surface area contributed by atoms with Crippen molar-refractivity contribution in [3.05, 3.63) is 57.8 Å². The topological polar surface area (TPSA) is 54.4 Å². The summed E-state index contributed by atoms with van der Waals surface area (Å²) in [5, 5.41) is 14.8. The van der Waals surface area contributed by atoms with Crippen molar-refractivity contribution in [3.8, 4) is 5.75 Å². The summed E-state index contributed by atoms with van der Waals surface area (Å²) in [6, 6.07) is 7.16. The van der Waals surface area contributed by atoms with E-state index in [1.165, 1.54) is 0 Å². The zero-order chi connectivity index (χ0) is 16.1. The van der Waals surface area contributed by atoms with Crippen molar-refractivity contribution in [1.82, 2.24) is 10.3 Å². The van der Waals surface area contributed by atoms with Crippen LogP contribution in [0.5, 0.6) is 5.75 Å². The molecule has 1 aromatic carbocycles. The number of nitrogens with zero attached hydrogens (tertiary/aromatic N) is 1. The predicted octanol–water partition coefficient (Wildman–Crippen LogP) is 3.43. The second-order valence-electron chi connectivity index (χ2n) is 4.94. The lowest BCUT2D eigenvalue weighted by atomic mass is 9.89. The second-order valence-corrected chi connectivity index (χ2v) is 5.76. The van der Waals surface area contributed by atoms with Crippen LogP contribution in [0.25, 0.3) is 0 Å². The molecular weight excluding hydrogens is 323 g/mol. The molecule has 0 saturated carbocycles. The summed E-state index contributed by atoms with van der Waals surface area (Å²) in [5.41, 5.74) is 1.59. The number of pyridine rings is 1. The average molecular weight is 341 g/mol. The van der Waals surface area contributed by atoms with Gasteiger partial charge in [0.1, 0.15) is 5.75 Å². The second kappa shape index (κ2) is 7.79. The number of aromatic nitrogens is 1. The van der Waals surface area contributed by atoms with Crippen LogP contribution in [-0.4, -0.2) is 30.8 Å². The molecule has 0 radical (unpaired) electrons. The van der Waals surface area contributed by atoms with Gasteiger partial charge in [-0.3, -0.25) is 4.98 Å². The number of aliphatic hydroxyl groups excluding tert-OH is 1. The molecule has 0 bridgehead atoms. The van der Waals surface area contributed by atoms with E-state index in [9.17, 15) is 5.11 Å². The Balaban J connectivity index is 2.35. The van der Waals surface area contributed by atoms with Gasteiger partial charge in [0.15, 0.2) is 0 Å². The van der Waals surface area contributed by atoms with E-state index in [0.29, 0.717) is 27.9 Å². The number of likely N-dealkylation sites (N-methyl/N-ethyl adjacent to an activating group) is 1. The molecular formula is C16H18Cl2N2O2. The zero-order valence-electron chi connectivity index (χ0n) is 12.4. The van der Waals surface area contributed by atoms with Crippen LogP contribution >= 0.6 is 23.2 Å². The van der Waals surface area contributed by atoms with E-state index in [2.05, 4.69) is 10.3 Å². The summed E-state index contributed by atoms with van der Waals surface area (Å²) in [4.78, 5) is 4.09. The van der Waals surface area contributed by atoms with E-state index in [1.807, 2.05) is 13.1 Å². The number of benzene rings is 1. The molecule has 22 heavy (non-hydrogen) atoms. The number of aliphatic hydroxyl groups is 1. The summed E-state index contributed by atoms with van der Waals surface area (Å²) in [6.45, 7) is 0.580. The Labute approximate surface area is 140 Å². The molecule has 118 valence electrons. The van der Waals surface area contributed by atoms with Gasteiger partial charge in [-0.05, 0) is 30.8 Å². The SMILES string of the molecule is CNCC(c1ccc(Cl)c(Cl)c1)[C@@H](O)c1cncc(OC)c1. The van der Waals surface area contributed by atoms with Gasteiger partial charge in [-0.25, -0.2) is 0 Å². The Bertz CT molecular complexity index is 637. The molecule has 0 amide bonds. The molecule has 0 saturated heterocycles. The van der Waals surface area contributed by atoms with Crippen LogP contribution in [0.2, 0.25) is 10.0 Å². The fourth-order valence-electron chi connectivity index (χ4n) is 2.32. The summed E-state index contributed by atoms with van der Waals surface area (Å²) >= 11 is 12.1. The fraction of sp³-hybridized carbons (Fsp3) is 0.312. The van der Waals surface area contributed by atoms with Crippen LogP contribution in [0.1, 0.15) is 23.1 Å². The molecule has 2 aromatic rings. The Morgan fingerprint density at radius 2 is 1.95 bits per heavy atom. The van der Waals surface area contributed by atoms with Crippen LogP contribution in [-0.2, 0) is 0 Å². The van der Waals surface area contributed by atoms with E-state index >= 15 is 0 Å². The maximum Gasteiger partial charge on any atom is 0.137 e. The predicted molar refractivity (Wildman–Crippen MR) is 88.9 cm³/mol. The summed E-state index contributed by atoms with van der Waals surface area (Å²) in [7, 11) is 3.40. The van der Waals surface area contributed by atoms with Crippen LogP contribution in [0.3, 0.4) is 0 Å². The van der Waals surface area contributed by atoms with Crippen molar-refractivity contribution in [2.45, 2.75) is 12.0 Å². The van der Waals surface area contributed by atoms with Gasteiger partial charge in [0, 0.05) is 24.2 Å². The van der Waals surface area contributed by atoms with Gasteiger partial charge in [-0.2, -0.15) is 0 Å². The van der Waals surface area contributed by atoms with E-state index in [0.717, 1.165) is 5.56 Å². The van der Waals surface area contributed by atoms with Gasteiger partial charge in [0.25, 0.3) is 0 Å². The van der Waals surface area contributed by atoms with E-state index in [4.69, 9.17) is 27.9 Å². The minimum absolute atomic E-state index is 0.186. The third kappa shape index (κ3) is 3.90. The lowest BCUT2D eigenvalue weighted by Gasteiger charge is -2.24. The van der Waals surface area contributed by atoms with Gasteiger partial charge >= 0.3 is 0 Å². The van der Waals surface area contributed by atoms with Crippen LogP contribution < -0.4 is 10.1 Å². The molecule has 0 aliphatic heterocycles. The van der Waals surface area contributed by atoms with Crippen molar-refractivity contribution in [3.63, 3.8) is 0 Å². The van der Waals surface area contributed by atoms with Gasteiger partial charge in [0.05, 0.1) is 29.5 Å². The third-order valence-corrected chi connectivity index (χ3v) is 4.23. The Kier molecular flexibility index (Phi) is 6.03. The highest BCUT2D eigenvalue weighted by atomic mass is 35.5. The van der Waals surface area contributed by atoms with Crippen LogP contribution in [0.4, 0.5) is 0 Å². The van der Waals surface area contributed by atoms with Crippen molar-refractivity contribution < 1.29 is 9.84 Å². The standard InChI is InChI=1S/C16H18Cl2N2O2/c1-19-9-13(10-3-4-14(17)15(18)6-10)16(21)11-5-12(22-2)8-20-7-11/h3-8,13,16,19,21H,9H2,1-2H3/t13?,16-/m0/s1. The van der Waals surface area contributed by atoms with E-state index in [1.54, 1.807) is 37.7 Å². The smallest absolute Gasteiger partial charge is 0.137 e. The highest BCUT2D eigenvalue weighted by Gasteiger charge is 2.23. The van der Waals surface area contributed by atoms with Crippen molar-refractivity contribution in [2.24, 2.45) is 0 Å². The molecule has 2 atom stereocenters. The van der Waals surface area contributed by atoms with Crippen molar-refractivity contribution in [1.29, 1.82) is 0 Å². The lowest BCUT2D eigenvalue weighted by Crippen LogP contribution is -2.23. The highest BCUT2D eigenvalue weighted by molar-refractivity contribution is 6.42. The van der Waals surface area contributed by atoms with E-state index < -0.39 is 6.10 Å². The number of hydrogen-bond acceptors (Lipinski definition) is 4. The summed E-state index contributed by atoms with van der Waals surface area (Å²) in [6.07, 6.45) is 2.49. The molecule has 1 heterocycles. The zero-order valence-corrected chi connectivity index (χ0v) is 13.9. The summed E-state index contributed by atoms with van der Waals surface area (Å²) in [5.74, 6) is 0.419. The lowest BCUT2D eigenvalue weighted by molar-refractivity contribution is 0.143. The van der Waals surface area contributed by atoms with Gasteiger partial charge in [-0.15, -0.1) is 0 Å². The molecule has 0 spiro atoms. The van der Waals surface area contributed by atoms with Crippen LogP contribution in [0.15, 0.2) is 36.7 Å². The Morgan fingerprint density at radius 3 is 2.59 bits per heavy atom. The molecule has 6 heteroatoms. The normalized spacial score (nSPS) is 13.7. The van der Waals surface area contributed by atoms with Crippen molar-refractivity contribution >= 4 is 23.2 Å². The molecule has 1 aromatic heterocycles. The molecule has 1 unspecified atom stereocenters. The van der Waals surface area contributed by atoms with Gasteiger partial charge in [0.2, 0.25) is 0 Å². The number of nitrogens with one attached hydrogen (secondary N) is 1. The molecule has 2 N–H and O–H groups in total. The maximum atomic E-state index is 10.7. The first kappa shape index (κ1) is 17.0. The highest BCUT2D eigenvalue weighted by Crippen LogP contribution is 2.34. The first-order valence-electron chi connectivity index (χ1n) is 6.83. The maximum absolute atomic E-state index is 10.7. The molecule has 2 rings (SSSR count). The number of ether oxygens (including phenoxy) is 1. The third-order valence-electron chi connectivity index (χ3n) is 3.49. The number of halogens is 2. The number of hydrogen-bond donors (Lipinski definition) is 2. The number of methoxy groups -OCH3 is 1. The average Bonchev–Trinajstić information content (AvgIpc) is 2.54. The molecule has 0 aliphatic carbocycles. The van der Waals surface area contributed by atoms with Gasteiger partial charge < -0.3 is 15.2 Å². The summed E-state index contributed by atoms with van der Waals surface area (Å²) < 4.78 is 5.16. The quantitative estimate of drug-likeness (QED) is 0.845. The van der Waals surface area contributed by atoms with Crippen molar-refractivity contribution in [2.75, 3.05) is 20.7 Å².